The third kappa shape index (κ3) is 3.21. The molecule has 2 nitrogen and oxygen atoms in total. The summed E-state index contributed by atoms with van der Waals surface area (Å²) in [6.07, 6.45) is 2.37. The van der Waals surface area contributed by atoms with Gasteiger partial charge >= 0.3 is 0 Å². The molecular weight excluding hydrogens is 138 g/mol. The van der Waals surface area contributed by atoms with Gasteiger partial charge in [-0.05, 0) is 12.8 Å². The van der Waals surface area contributed by atoms with Crippen molar-refractivity contribution in [3.8, 4) is 0 Å². The summed E-state index contributed by atoms with van der Waals surface area (Å²) in [5.74, 6) is 0.698. The fourth-order valence-corrected chi connectivity index (χ4v) is 0.877. The lowest BCUT2D eigenvalue weighted by atomic mass is 10.1. The second kappa shape index (κ2) is 4.94. The van der Waals surface area contributed by atoms with Gasteiger partial charge in [-0.2, -0.15) is 0 Å². The van der Waals surface area contributed by atoms with E-state index < -0.39 is 0 Å². The van der Waals surface area contributed by atoms with Crippen LogP contribution in [0.4, 0.5) is 0 Å². The highest BCUT2D eigenvalue weighted by Gasteiger charge is 2.05. The van der Waals surface area contributed by atoms with Gasteiger partial charge in [0, 0.05) is 12.6 Å². The highest BCUT2D eigenvalue weighted by molar-refractivity contribution is 5.55. The summed E-state index contributed by atoms with van der Waals surface area (Å²) in [6, 6.07) is 0. The summed E-state index contributed by atoms with van der Waals surface area (Å²) in [5.41, 5.74) is 0.801. The van der Waals surface area contributed by atoms with Crippen LogP contribution in [0.15, 0.2) is 16.4 Å². The Labute approximate surface area is 68.7 Å². The third-order valence-electron chi connectivity index (χ3n) is 1.45. The van der Waals surface area contributed by atoms with Crippen LogP contribution < -0.4 is 0 Å². The van der Waals surface area contributed by atoms with Gasteiger partial charge in [-0.1, -0.05) is 20.8 Å². The Morgan fingerprint density at radius 1 is 1.55 bits per heavy atom. The van der Waals surface area contributed by atoms with Crippen LogP contribution in [0.5, 0.6) is 0 Å². The molecule has 0 radical (unpaired) electrons. The van der Waals surface area contributed by atoms with E-state index in [1.54, 1.807) is 6.21 Å². The topological polar surface area (TPSA) is 32.6 Å². The summed E-state index contributed by atoms with van der Waals surface area (Å²) >= 11 is 0. The molecule has 0 heterocycles. The summed E-state index contributed by atoms with van der Waals surface area (Å²) in [5, 5.41) is 9.39. The lowest BCUT2D eigenvalue weighted by Crippen LogP contribution is -1.96. The molecule has 0 amide bonds. The number of hydrogen-bond donors (Lipinski definition) is 1. The van der Waals surface area contributed by atoms with Gasteiger partial charge in [0.25, 0.3) is 0 Å². The lowest BCUT2D eigenvalue weighted by Gasteiger charge is -2.07. The normalized spacial score (nSPS) is 14.3. The second-order valence-corrected chi connectivity index (χ2v) is 2.73. The van der Waals surface area contributed by atoms with Gasteiger partial charge in [0.2, 0.25) is 0 Å². The van der Waals surface area contributed by atoms with Crippen molar-refractivity contribution in [3.05, 3.63) is 11.5 Å². The Morgan fingerprint density at radius 2 is 2.09 bits per heavy atom. The molecule has 0 aliphatic carbocycles. The molecule has 0 atom stereocenters. The molecule has 0 fully saturated rings. The van der Waals surface area contributed by atoms with E-state index in [4.69, 9.17) is 0 Å². The monoisotopic (exact) mass is 155 g/mol. The molecule has 0 aliphatic rings. The van der Waals surface area contributed by atoms with Crippen LogP contribution >= 0.6 is 0 Å². The Bertz CT molecular complexity index is 168. The lowest BCUT2D eigenvalue weighted by molar-refractivity contribution is 0.378. The Hall–Kier alpha value is -0.790. The first kappa shape index (κ1) is 10.2. The summed E-state index contributed by atoms with van der Waals surface area (Å²) in [7, 11) is 0. The largest absolute Gasteiger partial charge is 0.510 e. The van der Waals surface area contributed by atoms with E-state index >= 15 is 0 Å². The average molecular weight is 155 g/mol. The molecule has 0 rings (SSSR count). The van der Waals surface area contributed by atoms with Crippen molar-refractivity contribution < 1.29 is 5.11 Å². The van der Waals surface area contributed by atoms with Crippen molar-refractivity contribution in [2.45, 2.75) is 34.1 Å². The fourth-order valence-electron chi connectivity index (χ4n) is 0.877. The first-order valence-corrected chi connectivity index (χ1v) is 4.04. The smallest absolute Gasteiger partial charge is 0.114 e. The fraction of sp³-hybridized carbons (Fsp3) is 0.667. The van der Waals surface area contributed by atoms with Crippen molar-refractivity contribution in [3.63, 3.8) is 0 Å². The van der Waals surface area contributed by atoms with Crippen molar-refractivity contribution in [2.24, 2.45) is 10.9 Å². The van der Waals surface area contributed by atoms with Gasteiger partial charge in [0.05, 0.1) is 5.70 Å². The third-order valence-corrected chi connectivity index (χ3v) is 1.45. The first-order chi connectivity index (χ1) is 5.13. The maximum atomic E-state index is 9.39. The van der Waals surface area contributed by atoms with E-state index in [0.717, 1.165) is 5.70 Å². The van der Waals surface area contributed by atoms with Crippen LogP contribution in [0.25, 0.3) is 0 Å². The van der Waals surface area contributed by atoms with E-state index in [1.807, 2.05) is 27.7 Å². The van der Waals surface area contributed by atoms with Crippen LogP contribution in [0.3, 0.4) is 0 Å². The Morgan fingerprint density at radius 3 is 2.36 bits per heavy atom. The maximum absolute atomic E-state index is 9.39. The number of aliphatic hydroxyl groups is 1. The van der Waals surface area contributed by atoms with Crippen molar-refractivity contribution in [2.75, 3.05) is 0 Å². The quantitative estimate of drug-likeness (QED) is 0.493. The molecule has 64 valence electrons. The minimum absolute atomic E-state index is 0.297. The van der Waals surface area contributed by atoms with Crippen LogP contribution in [0.1, 0.15) is 34.1 Å². The van der Waals surface area contributed by atoms with Crippen molar-refractivity contribution >= 4 is 6.21 Å². The molecule has 0 saturated carbocycles. The molecule has 2 heteroatoms. The highest BCUT2D eigenvalue weighted by Crippen LogP contribution is 2.16. The van der Waals surface area contributed by atoms with Crippen LogP contribution in [-0.4, -0.2) is 11.3 Å². The zero-order valence-electron chi connectivity index (χ0n) is 7.76. The van der Waals surface area contributed by atoms with E-state index in [1.165, 1.54) is 0 Å². The highest BCUT2D eigenvalue weighted by atomic mass is 16.3. The predicted octanol–water partition coefficient (Wildman–Crippen LogP) is 2.91. The molecular formula is C9H17NO. The average Bonchev–Trinajstić information content (AvgIpc) is 1.98. The van der Waals surface area contributed by atoms with Gasteiger partial charge in [-0.3, -0.25) is 4.99 Å². The van der Waals surface area contributed by atoms with E-state index in [9.17, 15) is 5.11 Å². The molecule has 0 spiro atoms. The molecule has 11 heavy (non-hydrogen) atoms. The van der Waals surface area contributed by atoms with Crippen LogP contribution in [-0.2, 0) is 0 Å². The van der Waals surface area contributed by atoms with E-state index in [2.05, 4.69) is 4.99 Å². The molecule has 0 aliphatic heterocycles. The molecule has 0 unspecified atom stereocenters. The number of nitrogens with zero attached hydrogens (tertiary/aromatic N) is 1. The SMILES string of the molecule is CC=N/C(=C(\O)CC)C(C)C. The maximum Gasteiger partial charge on any atom is 0.114 e. The summed E-state index contributed by atoms with van der Waals surface area (Å²) in [6.45, 7) is 7.82. The molecule has 0 saturated heterocycles. The Kier molecular flexibility index (Phi) is 4.59. The number of aliphatic imine (C=N–C) groups is 1. The molecule has 0 bridgehead atoms. The van der Waals surface area contributed by atoms with Crippen molar-refractivity contribution in [1.29, 1.82) is 0 Å². The zero-order chi connectivity index (χ0) is 8.85. The number of hydrogen-bond acceptors (Lipinski definition) is 2. The minimum Gasteiger partial charge on any atom is -0.510 e. The van der Waals surface area contributed by atoms with E-state index in [0.29, 0.717) is 18.1 Å². The summed E-state index contributed by atoms with van der Waals surface area (Å²) in [4.78, 5) is 4.10. The number of allylic oxidation sites excluding steroid dienone is 2. The van der Waals surface area contributed by atoms with Gasteiger partial charge in [0.1, 0.15) is 5.76 Å². The van der Waals surface area contributed by atoms with Gasteiger partial charge < -0.3 is 5.11 Å². The van der Waals surface area contributed by atoms with Gasteiger partial charge in [-0.25, -0.2) is 0 Å². The summed E-state index contributed by atoms with van der Waals surface area (Å²) < 4.78 is 0. The predicted molar refractivity (Wildman–Crippen MR) is 48.9 cm³/mol. The molecule has 0 aromatic heterocycles. The van der Waals surface area contributed by atoms with E-state index in [-0.39, 0.29) is 0 Å². The van der Waals surface area contributed by atoms with Crippen LogP contribution in [0, 0.1) is 5.92 Å². The first-order valence-electron chi connectivity index (χ1n) is 4.04. The minimum atomic E-state index is 0.297. The van der Waals surface area contributed by atoms with Crippen LogP contribution in [0.2, 0.25) is 0 Å². The molecule has 0 aromatic carbocycles. The Balaban J connectivity index is 4.57. The molecule has 0 aromatic rings. The second-order valence-electron chi connectivity index (χ2n) is 2.73. The zero-order valence-corrected chi connectivity index (χ0v) is 7.76. The van der Waals surface area contributed by atoms with Gasteiger partial charge in [0.15, 0.2) is 0 Å². The van der Waals surface area contributed by atoms with Gasteiger partial charge in [-0.15, -0.1) is 0 Å². The molecule has 1 N–H and O–H groups in total. The van der Waals surface area contributed by atoms with Crippen molar-refractivity contribution in [1.82, 2.24) is 0 Å². The number of rotatable bonds is 3. The standard InChI is InChI=1S/C9H17NO/c1-5-8(11)9(7(3)4)10-6-2/h6-7,11H,5H2,1-4H3/b9-8-,10-6?. The number of aliphatic hydroxyl groups excluding tert-OH is 1.